The summed E-state index contributed by atoms with van der Waals surface area (Å²) in [6, 6.07) is 0. The number of amides is 1. The molecule has 0 aliphatic heterocycles. The van der Waals surface area contributed by atoms with Crippen LogP contribution in [0.15, 0.2) is 12.2 Å². The highest BCUT2D eigenvalue weighted by molar-refractivity contribution is 5.81. The topological polar surface area (TPSA) is 76.2 Å². The summed E-state index contributed by atoms with van der Waals surface area (Å²) in [7, 11) is 2.50. The molecule has 0 rings (SSSR count). The molecule has 120 valence electrons. The van der Waals surface area contributed by atoms with E-state index in [1.165, 1.54) is 19.1 Å². The van der Waals surface area contributed by atoms with E-state index in [9.17, 15) is 14.4 Å². The lowest BCUT2D eigenvalue weighted by Crippen LogP contribution is -2.44. The third-order valence-electron chi connectivity index (χ3n) is 2.71. The summed E-state index contributed by atoms with van der Waals surface area (Å²) >= 11 is 0. The number of methoxy groups -OCH3 is 2. The number of ether oxygens (including phenoxy) is 2. The Labute approximate surface area is 125 Å². The molecule has 7 nitrogen and oxygen atoms in total. The molecule has 0 heterocycles. The van der Waals surface area contributed by atoms with Crippen LogP contribution in [0.2, 0.25) is 0 Å². The average molecular weight is 300 g/mol. The van der Waals surface area contributed by atoms with Gasteiger partial charge in [-0.25, -0.2) is 0 Å². The zero-order valence-corrected chi connectivity index (χ0v) is 13.2. The number of esters is 2. The van der Waals surface area contributed by atoms with Crippen molar-refractivity contribution in [2.75, 3.05) is 46.9 Å². The summed E-state index contributed by atoms with van der Waals surface area (Å²) in [4.78, 5) is 37.9. The van der Waals surface area contributed by atoms with Crippen LogP contribution in [0.5, 0.6) is 0 Å². The molecule has 7 heteroatoms. The maximum atomic E-state index is 12.2. The third kappa shape index (κ3) is 8.09. The highest BCUT2D eigenvalue weighted by Crippen LogP contribution is 2.00. The Kier molecular flexibility index (Phi) is 9.03. The molecule has 0 radical (unpaired) electrons. The maximum Gasteiger partial charge on any atom is 0.319 e. The number of likely N-dealkylation sites (N-methyl/N-ethyl adjacent to an activating group) is 1. The Morgan fingerprint density at radius 1 is 0.952 bits per heavy atom. The molecule has 0 aliphatic carbocycles. The summed E-state index contributed by atoms with van der Waals surface area (Å²) in [5.41, 5.74) is 0.859. The van der Waals surface area contributed by atoms with E-state index in [4.69, 9.17) is 0 Å². The van der Waals surface area contributed by atoms with E-state index in [2.05, 4.69) is 16.1 Å². The lowest BCUT2D eigenvalue weighted by atomic mass is 10.3. The van der Waals surface area contributed by atoms with Gasteiger partial charge < -0.3 is 14.4 Å². The molecule has 0 fully saturated rings. The van der Waals surface area contributed by atoms with Gasteiger partial charge in [-0.3, -0.25) is 19.3 Å². The second-order valence-corrected chi connectivity index (χ2v) is 4.66. The van der Waals surface area contributed by atoms with Gasteiger partial charge in [0.1, 0.15) is 0 Å². The van der Waals surface area contributed by atoms with Gasteiger partial charge >= 0.3 is 11.9 Å². The van der Waals surface area contributed by atoms with Crippen molar-refractivity contribution in [3.05, 3.63) is 12.2 Å². The van der Waals surface area contributed by atoms with Crippen molar-refractivity contribution in [2.24, 2.45) is 0 Å². The monoisotopic (exact) mass is 300 g/mol. The number of rotatable bonds is 9. The summed E-state index contributed by atoms with van der Waals surface area (Å²) in [5, 5.41) is 0. The van der Waals surface area contributed by atoms with Crippen molar-refractivity contribution in [3.8, 4) is 0 Å². The quantitative estimate of drug-likeness (QED) is 0.443. The molecule has 0 spiro atoms. The van der Waals surface area contributed by atoms with Crippen LogP contribution >= 0.6 is 0 Å². The van der Waals surface area contributed by atoms with E-state index in [0.717, 1.165) is 5.57 Å². The highest BCUT2D eigenvalue weighted by Gasteiger charge is 2.21. The van der Waals surface area contributed by atoms with Crippen LogP contribution in [0, 0.1) is 0 Å². The Morgan fingerprint density at radius 3 is 1.76 bits per heavy atom. The first-order valence-corrected chi connectivity index (χ1v) is 6.62. The Hall–Kier alpha value is -1.89. The predicted molar refractivity (Wildman–Crippen MR) is 77.5 cm³/mol. The summed E-state index contributed by atoms with van der Waals surface area (Å²) in [6.07, 6.45) is 0. The molecule has 0 saturated heterocycles. The van der Waals surface area contributed by atoms with Crippen molar-refractivity contribution >= 4 is 17.8 Å². The smallest absolute Gasteiger partial charge is 0.319 e. The van der Waals surface area contributed by atoms with Crippen molar-refractivity contribution in [1.82, 2.24) is 9.80 Å². The molecule has 0 atom stereocenters. The molecule has 21 heavy (non-hydrogen) atoms. The average Bonchev–Trinajstić information content (AvgIpc) is 2.43. The molecule has 1 amide bonds. The molecule has 0 aliphatic rings. The Morgan fingerprint density at radius 2 is 1.43 bits per heavy atom. The van der Waals surface area contributed by atoms with Gasteiger partial charge in [0.05, 0.1) is 33.9 Å². The van der Waals surface area contributed by atoms with E-state index >= 15 is 0 Å². The minimum Gasteiger partial charge on any atom is -0.468 e. The molecule has 0 aromatic heterocycles. The lowest BCUT2D eigenvalue weighted by molar-refractivity contribution is -0.146. The van der Waals surface area contributed by atoms with E-state index in [1.54, 1.807) is 4.90 Å². The van der Waals surface area contributed by atoms with Crippen LogP contribution in [-0.4, -0.2) is 74.6 Å². The van der Waals surface area contributed by atoms with Crippen LogP contribution < -0.4 is 0 Å². The van der Waals surface area contributed by atoms with E-state index in [1.807, 2.05) is 13.8 Å². The molecule has 0 saturated carbocycles. The van der Waals surface area contributed by atoms with Gasteiger partial charge in [0.25, 0.3) is 0 Å². The molecule has 0 aromatic carbocycles. The van der Waals surface area contributed by atoms with Crippen LogP contribution in [0.25, 0.3) is 0 Å². The van der Waals surface area contributed by atoms with E-state index in [0.29, 0.717) is 13.1 Å². The van der Waals surface area contributed by atoms with Gasteiger partial charge in [-0.1, -0.05) is 12.2 Å². The van der Waals surface area contributed by atoms with Gasteiger partial charge in [-0.2, -0.15) is 0 Å². The molecular weight excluding hydrogens is 276 g/mol. The zero-order chi connectivity index (χ0) is 16.4. The SMILES string of the molecule is C=C(C)CN(CC)C(=O)CN(CC(=O)OC)CC(=O)OC. The first-order valence-electron chi connectivity index (χ1n) is 6.62. The minimum absolute atomic E-state index is 0.0642. The minimum atomic E-state index is -0.519. The normalized spacial score (nSPS) is 10.1. The number of carbonyl (C=O) groups is 3. The number of nitrogens with zero attached hydrogens (tertiary/aromatic N) is 2. The van der Waals surface area contributed by atoms with Crippen molar-refractivity contribution in [3.63, 3.8) is 0 Å². The first kappa shape index (κ1) is 19.1. The Balaban J connectivity index is 4.75. The summed E-state index contributed by atoms with van der Waals surface area (Å²) in [6.45, 7) is 8.06. The van der Waals surface area contributed by atoms with Gasteiger partial charge in [-0.15, -0.1) is 0 Å². The maximum absolute atomic E-state index is 12.2. The molecule has 0 aromatic rings. The fourth-order valence-electron chi connectivity index (χ4n) is 1.66. The second-order valence-electron chi connectivity index (χ2n) is 4.66. The highest BCUT2D eigenvalue weighted by atomic mass is 16.5. The largest absolute Gasteiger partial charge is 0.468 e. The van der Waals surface area contributed by atoms with E-state index in [-0.39, 0.29) is 25.5 Å². The van der Waals surface area contributed by atoms with E-state index < -0.39 is 11.9 Å². The molecule has 0 bridgehead atoms. The van der Waals surface area contributed by atoms with Crippen molar-refractivity contribution < 1.29 is 23.9 Å². The fraction of sp³-hybridized carbons (Fsp3) is 0.643. The second kappa shape index (κ2) is 9.93. The van der Waals surface area contributed by atoms with Gasteiger partial charge in [0.15, 0.2) is 0 Å². The van der Waals surface area contributed by atoms with Gasteiger partial charge in [-0.05, 0) is 13.8 Å². The fourth-order valence-corrected chi connectivity index (χ4v) is 1.66. The molecule has 0 unspecified atom stereocenters. The predicted octanol–water partition coefficient (Wildman–Crippen LogP) is 0.0590. The molecular formula is C14H24N2O5. The third-order valence-corrected chi connectivity index (χ3v) is 2.71. The number of hydrogen-bond donors (Lipinski definition) is 0. The number of carbonyl (C=O) groups excluding carboxylic acids is 3. The zero-order valence-electron chi connectivity index (χ0n) is 13.2. The lowest BCUT2D eigenvalue weighted by Gasteiger charge is -2.25. The number of hydrogen-bond acceptors (Lipinski definition) is 6. The summed E-state index contributed by atoms with van der Waals surface area (Å²) in [5.74, 6) is -1.22. The standard InChI is InChI=1S/C14H24N2O5/c1-6-16(7-11(2)3)12(17)8-15(9-13(18)20-4)10-14(19)21-5/h2,6-10H2,1,3-5H3. The van der Waals surface area contributed by atoms with Crippen LogP contribution in [0.1, 0.15) is 13.8 Å². The molecule has 0 N–H and O–H groups in total. The van der Waals surface area contributed by atoms with Gasteiger partial charge in [0, 0.05) is 13.1 Å². The van der Waals surface area contributed by atoms with Crippen LogP contribution in [0.3, 0.4) is 0 Å². The Bertz CT molecular complexity index is 377. The van der Waals surface area contributed by atoms with Crippen LogP contribution in [0.4, 0.5) is 0 Å². The van der Waals surface area contributed by atoms with Crippen molar-refractivity contribution in [1.29, 1.82) is 0 Å². The first-order chi connectivity index (χ1) is 9.83. The van der Waals surface area contributed by atoms with Crippen LogP contribution in [-0.2, 0) is 23.9 Å². The van der Waals surface area contributed by atoms with Crippen molar-refractivity contribution in [2.45, 2.75) is 13.8 Å². The summed E-state index contributed by atoms with van der Waals surface area (Å²) < 4.78 is 9.11. The van der Waals surface area contributed by atoms with Gasteiger partial charge in [0.2, 0.25) is 5.91 Å².